The van der Waals surface area contributed by atoms with Gasteiger partial charge in [-0.2, -0.15) is 0 Å². The first-order valence-corrected chi connectivity index (χ1v) is 7.15. The Labute approximate surface area is 116 Å². The van der Waals surface area contributed by atoms with Crippen molar-refractivity contribution in [1.29, 1.82) is 0 Å². The maximum absolute atomic E-state index is 11.4. The van der Waals surface area contributed by atoms with Crippen LogP contribution in [0.4, 0.5) is 0 Å². The number of carbonyl (C=O) groups excluding carboxylic acids is 2. The van der Waals surface area contributed by atoms with Gasteiger partial charge in [0.05, 0.1) is 12.7 Å². The SMILES string of the molecule is CCCCCOC(=O)/C=C/C(=O)OC(C)CCCC. The molecule has 1 unspecified atom stereocenters. The molecule has 4 nitrogen and oxygen atoms in total. The molecule has 0 aliphatic rings. The minimum Gasteiger partial charge on any atom is -0.463 e. The number of esters is 2. The second-order valence-corrected chi connectivity index (χ2v) is 4.60. The number of hydrogen-bond acceptors (Lipinski definition) is 4. The number of unbranched alkanes of at least 4 members (excludes halogenated alkanes) is 3. The lowest BCUT2D eigenvalue weighted by atomic mass is 10.2. The second kappa shape index (κ2) is 11.8. The highest BCUT2D eigenvalue weighted by Crippen LogP contribution is 2.04. The first kappa shape index (κ1) is 17.7. The third-order valence-corrected chi connectivity index (χ3v) is 2.63. The van der Waals surface area contributed by atoms with Crippen LogP contribution < -0.4 is 0 Å². The van der Waals surface area contributed by atoms with Crippen LogP contribution in [0, 0.1) is 0 Å². The maximum atomic E-state index is 11.4. The molecule has 1 atom stereocenters. The Morgan fingerprint density at radius 1 is 1.00 bits per heavy atom. The van der Waals surface area contributed by atoms with Crippen LogP contribution in [0.25, 0.3) is 0 Å². The van der Waals surface area contributed by atoms with Gasteiger partial charge in [0.25, 0.3) is 0 Å². The average Bonchev–Trinajstić information content (AvgIpc) is 2.39. The Morgan fingerprint density at radius 3 is 2.26 bits per heavy atom. The van der Waals surface area contributed by atoms with E-state index >= 15 is 0 Å². The van der Waals surface area contributed by atoms with Crippen molar-refractivity contribution in [2.45, 2.75) is 65.4 Å². The van der Waals surface area contributed by atoms with Crippen molar-refractivity contribution in [2.24, 2.45) is 0 Å². The van der Waals surface area contributed by atoms with Gasteiger partial charge in [-0.15, -0.1) is 0 Å². The normalized spacial score (nSPS) is 12.4. The summed E-state index contributed by atoms with van der Waals surface area (Å²) < 4.78 is 10.0. The van der Waals surface area contributed by atoms with Crippen LogP contribution in [0.15, 0.2) is 12.2 Å². The molecular formula is C15H26O4. The van der Waals surface area contributed by atoms with Gasteiger partial charge in [0.1, 0.15) is 0 Å². The third kappa shape index (κ3) is 11.5. The summed E-state index contributed by atoms with van der Waals surface area (Å²) in [6.45, 7) is 6.42. The van der Waals surface area contributed by atoms with Crippen molar-refractivity contribution in [3.63, 3.8) is 0 Å². The zero-order valence-corrected chi connectivity index (χ0v) is 12.3. The van der Waals surface area contributed by atoms with E-state index in [1.165, 1.54) is 0 Å². The summed E-state index contributed by atoms with van der Waals surface area (Å²) in [4.78, 5) is 22.6. The van der Waals surface area contributed by atoms with Crippen LogP contribution in [0.3, 0.4) is 0 Å². The van der Waals surface area contributed by atoms with Crippen molar-refractivity contribution >= 4 is 11.9 Å². The minimum atomic E-state index is -0.492. The molecule has 0 fully saturated rings. The molecule has 0 saturated carbocycles. The summed E-state index contributed by atoms with van der Waals surface area (Å²) >= 11 is 0. The smallest absolute Gasteiger partial charge is 0.331 e. The molecule has 0 aromatic heterocycles. The molecule has 0 bridgehead atoms. The van der Waals surface area contributed by atoms with E-state index in [0.717, 1.165) is 50.7 Å². The molecule has 110 valence electrons. The lowest BCUT2D eigenvalue weighted by Gasteiger charge is -2.10. The Balaban J connectivity index is 3.78. The standard InChI is InChI=1S/C15H26O4/c1-4-6-8-12-18-14(16)10-11-15(17)19-13(3)9-7-5-2/h10-11,13H,4-9,12H2,1-3H3/b11-10+. The molecule has 0 N–H and O–H groups in total. The first-order chi connectivity index (χ1) is 9.10. The molecule has 4 heteroatoms. The second-order valence-electron chi connectivity index (χ2n) is 4.60. The van der Waals surface area contributed by atoms with Crippen molar-refractivity contribution in [2.75, 3.05) is 6.61 Å². The van der Waals surface area contributed by atoms with Gasteiger partial charge in [-0.25, -0.2) is 9.59 Å². The van der Waals surface area contributed by atoms with E-state index in [1.807, 2.05) is 6.92 Å². The molecule has 0 aromatic carbocycles. The zero-order chi connectivity index (χ0) is 14.5. The number of rotatable bonds is 10. The van der Waals surface area contributed by atoms with Gasteiger partial charge < -0.3 is 9.47 Å². The van der Waals surface area contributed by atoms with Gasteiger partial charge in [-0.05, 0) is 19.8 Å². The molecule has 19 heavy (non-hydrogen) atoms. The predicted molar refractivity (Wildman–Crippen MR) is 74.7 cm³/mol. The highest BCUT2D eigenvalue weighted by atomic mass is 16.5. The van der Waals surface area contributed by atoms with Crippen LogP contribution in [0.2, 0.25) is 0 Å². The molecule has 0 radical (unpaired) electrons. The van der Waals surface area contributed by atoms with Crippen molar-refractivity contribution < 1.29 is 19.1 Å². The highest BCUT2D eigenvalue weighted by molar-refractivity contribution is 5.91. The van der Waals surface area contributed by atoms with E-state index in [2.05, 4.69) is 13.8 Å². The molecular weight excluding hydrogens is 244 g/mol. The van der Waals surface area contributed by atoms with Gasteiger partial charge in [-0.1, -0.05) is 39.5 Å². The maximum Gasteiger partial charge on any atom is 0.331 e. The summed E-state index contributed by atoms with van der Waals surface area (Å²) in [5.74, 6) is -0.983. The lowest BCUT2D eigenvalue weighted by Crippen LogP contribution is -2.13. The van der Waals surface area contributed by atoms with Gasteiger partial charge >= 0.3 is 11.9 Å². The van der Waals surface area contributed by atoms with Crippen LogP contribution in [0.1, 0.15) is 59.3 Å². The van der Waals surface area contributed by atoms with E-state index in [0.29, 0.717) is 6.61 Å². The fourth-order valence-corrected chi connectivity index (χ4v) is 1.50. The lowest BCUT2D eigenvalue weighted by molar-refractivity contribution is -0.143. The Bertz CT molecular complexity index is 284. The largest absolute Gasteiger partial charge is 0.463 e. The molecule has 0 aromatic rings. The van der Waals surface area contributed by atoms with Crippen LogP contribution in [0.5, 0.6) is 0 Å². The Kier molecular flexibility index (Phi) is 10.9. The summed E-state index contributed by atoms with van der Waals surface area (Å²) in [6.07, 6.45) is 8.05. The van der Waals surface area contributed by atoms with Crippen LogP contribution in [-0.2, 0) is 19.1 Å². The number of carbonyl (C=O) groups is 2. The number of ether oxygens (including phenoxy) is 2. The molecule has 0 amide bonds. The van der Waals surface area contributed by atoms with E-state index in [9.17, 15) is 9.59 Å². The summed E-state index contributed by atoms with van der Waals surface area (Å²) in [7, 11) is 0. The summed E-state index contributed by atoms with van der Waals surface area (Å²) in [5, 5.41) is 0. The topological polar surface area (TPSA) is 52.6 Å². The summed E-state index contributed by atoms with van der Waals surface area (Å²) in [6, 6.07) is 0. The molecule has 0 saturated heterocycles. The fourth-order valence-electron chi connectivity index (χ4n) is 1.50. The highest BCUT2D eigenvalue weighted by Gasteiger charge is 2.06. The predicted octanol–water partition coefficient (Wildman–Crippen LogP) is 3.40. The Morgan fingerprint density at radius 2 is 1.63 bits per heavy atom. The van der Waals surface area contributed by atoms with Gasteiger partial charge in [0.2, 0.25) is 0 Å². The molecule has 0 rings (SSSR count). The molecule has 0 aliphatic heterocycles. The van der Waals surface area contributed by atoms with Gasteiger partial charge in [0.15, 0.2) is 0 Å². The van der Waals surface area contributed by atoms with Gasteiger partial charge in [-0.3, -0.25) is 0 Å². The average molecular weight is 270 g/mol. The van der Waals surface area contributed by atoms with E-state index in [4.69, 9.17) is 9.47 Å². The van der Waals surface area contributed by atoms with Crippen LogP contribution >= 0.6 is 0 Å². The molecule has 0 spiro atoms. The monoisotopic (exact) mass is 270 g/mol. The molecule has 0 heterocycles. The Hall–Kier alpha value is -1.32. The first-order valence-electron chi connectivity index (χ1n) is 7.15. The van der Waals surface area contributed by atoms with E-state index in [-0.39, 0.29) is 6.10 Å². The quantitative estimate of drug-likeness (QED) is 0.347. The van der Waals surface area contributed by atoms with E-state index in [1.54, 1.807) is 0 Å². The third-order valence-electron chi connectivity index (χ3n) is 2.63. The van der Waals surface area contributed by atoms with E-state index < -0.39 is 11.9 Å². The van der Waals surface area contributed by atoms with Gasteiger partial charge in [0, 0.05) is 12.2 Å². The number of hydrogen-bond donors (Lipinski definition) is 0. The van der Waals surface area contributed by atoms with Crippen molar-refractivity contribution in [1.82, 2.24) is 0 Å². The summed E-state index contributed by atoms with van der Waals surface area (Å²) in [5.41, 5.74) is 0. The van der Waals surface area contributed by atoms with Crippen molar-refractivity contribution in [3.8, 4) is 0 Å². The fraction of sp³-hybridized carbons (Fsp3) is 0.733. The minimum absolute atomic E-state index is 0.113. The molecule has 0 aliphatic carbocycles. The zero-order valence-electron chi connectivity index (χ0n) is 12.3. The van der Waals surface area contributed by atoms with Crippen molar-refractivity contribution in [3.05, 3.63) is 12.2 Å². The van der Waals surface area contributed by atoms with Crippen LogP contribution in [-0.4, -0.2) is 24.6 Å².